The molecule has 0 spiro atoms. The van der Waals surface area contributed by atoms with E-state index < -0.39 is 5.54 Å². The van der Waals surface area contributed by atoms with Crippen molar-refractivity contribution in [3.05, 3.63) is 30.1 Å². The number of piperidine rings is 1. The molecular formula is C17H22N4O. The maximum Gasteiger partial charge on any atom is 0.245 e. The van der Waals surface area contributed by atoms with Gasteiger partial charge in [0.15, 0.2) is 0 Å². The van der Waals surface area contributed by atoms with Gasteiger partial charge in [0.25, 0.3) is 0 Å². The van der Waals surface area contributed by atoms with Crippen LogP contribution in [0.4, 0.5) is 0 Å². The van der Waals surface area contributed by atoms with Crippen LogP contribution < -0.4 is 5.73 Å². The molecular weight excluding hydrogens is 276 g/mol. The van der Waals surface area contributed by atoms with Crippen molar-refractivity contribution < 1.29 is 4.79 Å². The first kappa shape index (κ1) is 13.7. The Balaban J connectivity index is 1.74. The quantitative estimate of drug-likeness (QED) is 0.865. The molecule has 1 aromatic heterocycles. The van der Waals surface area contributed by atoms with E-state index in [2.05, 4.69) is 23.9 Å². The van der Waals surface area contributed by atoms with Crippen molar-refractivity contribution in [1.29, 1.82) is 0 Å². The third-order valence-corrected chi connectivity index (χ3v) is 6.95. The number of hydrazone groups is 1. The van der Waals surface area contributed by atoms with Gasteiger partial charge in [-0.3, -0.25) is 14.8 Å². The van der Waals surface area contributed by atoms with Crippen LogP contribution >= 0.6 is 0 Å². The van der Waals surface area contributed by atoms with Gasteiger partial charge in [-0.15, -0.1) is 0 Å². The van der Waals surface area contributed by atoms with E-state index >= 15 is 0 Å². The Kier molecular flexibility index (Phi) is 2.55. The Bertz CT molecular complexity index is 660. The molecule has 2 saturated carbocycles. The lowest BCUT2D eigenvalue weighted by molar-refractivity contribution is -0.135. The molecule has 1 amide bonds. The van der Waals surface area contributed by atoms with Gasteiger partial charge in [0.05, 0.1) is 11.9 Å². The highest BCUT2D eigenvalue weighted by Crippen LogP contribution is 2.75. The fourth-order valence-electron chi connectivity index (χ4n) is 5.47. The molecule has 0 aromatic carbocycles. The van der Waals surface area contributed by atoms with Gasteiger partial charge in [-0.05, 0) is 42.7 Å². The number of aromatic nitrogens is 1. The summed E-state index contributed by atoms with van der Waals surface area (Å²) in [6, 6.07) is 5.71. The van der Waals surface area contributed by atoms with Gasteiger partial charge >= 0.3 is 0 Å². The smallest absolute Gasteiger partial charge is 0.245 e. The summed E-state index contributed by atoms with van der Waals surface area (Å²) in [6.07, 6.45) is 6.60. The monoisotopic (exact) mass is 298 g/mol. The molecule has 0 radical (unpaired) electrons. The van der Waals surface area contributed by atoms with Crippen molar-refractivity contribution >= 4 is 12.1 Å². The maximum atomic E-state index is 12.4. The molecule has 22 heavy (non-hydrogen) atoms. The lowest BCUT2D eigenvalue weighted by atomic mass is 9.65. The van der Waals surface area contributed by atoms with Gasteiger partial charge in [0.1, 0.15) is 5.54 Å². The first-order valence-electron chi connectivity index (χ1n) is 7.97. The molecule has 1 saturated heterocycles. The predicted molar refractivity (Wildman–Crippen MR) is 84.0 cm³/mol. The molecule has 3 aliphatic rings. The van der Waals surface area contributed by atoms with E-state index in [1.165, 1.54) is 6.42 Å². The van der Waals surface area contributed by atoms with Crippen LogP contribution in [-0.2, 0) is 4.79 Å². The number of nitrogens with zero attached hydrogens (tertiary/aromatic N) is 3. The number of nitrogens with two attached hydrogens (primary N) is 1. The molecule has 0 unspecified atom stereocenters. The van der Waals surface area contributed by atoms with Crippen LogP contribution in [-0.4, -0.2) is 34.2 Å². The highest BCUT2D eigenvalue weighted by molar-refractivity contribution is 5.88. The Morgan fingerprint density at radius 2 is 2.32 bits per heavy atom. The maximum absolute atomic E-state index is 12.4. The molecule has 4 bridgehead atoms. The molecule has 116 valence electrons. The largest absolute Gasteiger partial charge is 0.368 e. The summed E-state index contributed by atoms with van der Waals surface area (Å²) < 4.78 is 0. The zero-order valence-electron chi connectivity index (χ0n) is 13.1. The molecule has 4 atom stereocenters. The molecule has 1 aliphatic heterocycles. The van der Waals surface area contributed by atoms with Gasteiger partial charge < -0.3 is 5.73 Å². The van der Waals surface area contributed by atoms with Crippen molar-refractivity contribution in [2.45, 2.75) is 38.6 Å². The van der Waals surface area contributed by atoms with Crippen LogP contribution in [0.5, 0.6) is 0 Å². The van der Waals surface area contributed by atoms with Crippen molar-refractivity contribution in [3.8, 4) is 0 Å². The summed E-state index contributed by atoms with van der Waals surface area (Å²) in [5, 5.41) is 6.58. The Labute approximate surface area is 130 Å². The summed E-state index contributed by atoms with van der Waals surface area (Å²) in [6.45, 7) is 5.35. The van der Waals surface area contributed by atoms with Crippen molar-refractivity contribution in [1.82, 2.24) is 9.99 Å². The Morgan fingerprint density at radius 3 is 2.95 bits per heavy atom. The zero-order valence-corrected chi connectivity index (χ0v) is 13.1. The van der Waals surface area contributed by atoms with E-state index in [4.69, 9.17) is 5.73 Å². The Morgan fingerprint density at radius 1 is 1.50 bits per heavy atom. The van der Waals surface area contributed by atoms with Crippen LogP contribution in [0.15, 0.2) is 29.5 Å². The molecule has 2 heterocycles. The van der Waals surface area contributed by atoms with Crippen molar-refractivity contribution in [2.24, 2.45) is 27.6 Å². The number of hydrogen-bond donors (Lipinski definition) is 1. The van der Waals surface area contributed by atoms with E-state index in [-0.39, 0.29) is 16.7 Å². The third-order valence-electron chi connectivity index (χ3n) is 6.95. The molecule has 4 rings (SSSR count). The van der Waals surface area contributed by atoms with Gasteiger partial charge in [-0.1, -0.05) is 19.9 Å². The third kappa shape index (κ3) is 1.33. The summed E-state index contributed by atoms with van der Waals surface area (Å²) in [4.78, 5) is 16.7. The molecule has 3 fully saturated rings. The molecule has 1 aromatic rings. The topological polar surface area (TPSA) is 71.6 Å². The van der Waals surface area contributed by atoms with Gasteiger partial charge in [0.2, 0.25) is 5.91 Å². The van der Waals surface area contributed by atoms with Crippen molar-refractivity contribution in [3.63, 3.8) is 0 Å². The number of primary amides is 1. The van der Waals surface area contributed by atoms with E-state index in [0.717, 1.165) is 25.1 Å². The van der Waals surface area contributed by atoms with E-state index in [1.807, 2.05) is 23.2 Å². The van der Waals surface area contributed by atoms with Crippen molar-refractivity contribution in [2.75, 3.05) is 6.54 Å². The summed E-state index contributed by atoms with van der Waals surface area (Å²) >= 11 is 0. The number of amides is 1. The van der Waals surface area contributed by atoms with Crippen LogP contribution in [0, 0.1) is 16.7 Å². The number of carbonyl (C=O) groups excluding carboxylic acids is 1. The second-order valence-electron chi connectivity index (χ2n) is 7.47. The lowest BCUT2D eigenvalue weighted by Crippen LogP contribution is -2.60. The lowest BCUT2D eigenvalue weighted by Gasteiger charge is -2.44. The van der Waals surface area contributed by atoms with E-state index in [1.54, 1.807) is 12.4 Å². The molecule has 5 heteroatoms. The van der Waals surface area contributed by atoms with Crippen LogP contribution in [0.1, 0.15) is 38.8 Å². The first-order valence-corrected chi connectivity index (χ1v) is 7.97. The highest BCUT2D eigenvalue weighted by Gasteiger charge is 2.80. The van der Waals surface area contributed by atoms with Crippen LogP contribution in [0.25, 0.3) is 0 Å². The van der Waals surface area contributed by atoms with E-state index in [9.17, 15) is 4.79 Å². The SMILES string of the molecule is C[C@]12CC[C@@H]3C[C@@]1(C(N)=O)N(/N=C\c1ccccn1)C[C@@]32C. The van der Waals surface area contributed by atoms with E-state index in [0.29, 0.717) is 5.92 Å². The minimum atomic E-state index is -0.629. The van der Waals surface area contributed by atoms with Crippen LogP contribution in [0.2, 0.25) is 0 Å². The Hall–Kier alpha value is -1.91. The molecule has 5 nitrogen and oxygen atoms in total. The summed E-state index contributed by atoms with van der Waals surface area (Å²) in [5.74, 6) is 0.366. The van der Waals surface area contributed by atoms with Crippen LogP contribution in [0.3, 0.4) is 0 Å². The predicted octanol–water partition coefficient (Wildman–Crippen LogP) is 1.78. The summed E-state index contributed by atoms with van der Waals surface area (Å²) in [5.41, 5.74) is 6.11. The number of pyridine rings is 1. The normalized spacial score (nSPS) is 42.5. The minimum Gasteiger partial charge on any atom is -0.368 e. The summed E-state index contributed by atoms with van der Waals surface area (Å²) in [7, 11) is 0. The number of rotatable bonds is 3. The standard InChI is InChI=1S/C17H22N4O/c1-15-11-21(20-10-13-5-3-4-8-19-13)17(14(18)22)9-12(15)6-7-16(15,17)2/h3-5,8,10,12H,6-7,9,11H2,1-2H3,(H2,18,22)/b20-10-/t12-,15+,16-,17+/m1/s1. The zero-order chi connectivity index (χ0) is 15.6. The average Bonchev–Trinajstić information content (AvgIpc) is 2.95. The molecule has 2 aliphatic carbocycles. The number of hydrogen-bond acceptors (Lipinski definition) is 4. The fourth-order valence-corrected chi connectivity index (χ4v) is 5.47. The van der Waals surface area contributed by atoms with Gasteiger partial charge in [-0.25, -0.2) is 0 Å². The fraction of sp³-hybridized carbons (Fsp3) is 0.588. The second-order valence-corrected chi connectivity index (χ2v) is 7.47. The van der Waals surface area contributed by atoms with Gasteiger partial charge in [-0.2, -0.15) is 5.10 Å². The minimum absolute atomic E-state index is 0.0715. The first-order chi connectivity index (χ1) is 10.4. The number of carbonyl (C=O) groups is 1. The second kappa shape index (κ2) is 4.09. The average molecular weight is 298 g/mol. The molecule has 2 N–H and O–H groups in total. The van der Waals surface area contributed by atoms with Gasteiger partial charge in [0, 0.05) is 18.2 Å². The highest BCUT2D eigenvalue weighted by atomic mass is 16.2.